The van der Waals surface area contributed by atoms with Crippen LogP contribution in [0.15, 0.2) is 55.0 Å². The van der Waals surface area contributed by atoms with E-state index in [0.717, 1.165) is 12.3 Å². The van der Waals surface area contributed by atoms with Gasteiger partial charge in [0.25, 0.3) is 5.91 Å². The van der Waals surface area contributed by atoms with Crippen LogP contribution in [0, 0.1) is 5.82 Å². The summed E-state index contributed by atoms with van der Waals surface area (Å²) in [6.45, 7) is 0.686. The molecule has 0 spiro atoms. The molecular weight excluding hydrogens is 426 g/mol. The fourth-order valence-electron chi connectivity index (χ4n) is 3.66. The zero-order valence-electron chi connectivity index (χ0n) is 16.8. The van der Waals surface area contributed by atoms with Crippen molar-refractivity contribution in [1.29, 1.82) is 0 Å². The second kappa shape index (κ2) is 8.89. The summed E-state index contributed by atoms with van der Waals surface area (Å²) < 4.78 is 52.9. The van der Waals surface area contributed by atoms with E-state index in [2.05, 4.69) is 20.3 Å². The molecule has 6 nitrogen and oxygen atoms in total. The van der Waals surface area contributed by atoms with Gasteiger partial charge in [0, 0.05) is 43.3 Å². The van der Waals surface area contributed by atoms with Gasteiger partial charge in [-0.3, -0.25) is 4.79 Å². The number of rotatable bonds is 4. The van der Waals surface area contributed by atoms with Crippen LogP contribution in [0.3, 0.4) is 0 Å². The highest BCUT2D eigenvalue weighted by atomic mass is 19.4. The number of alkyl halides is 3. The lowest BCUT2D eigenvalue weighted by Crippen LogP contribution is -2.45. The maximum absolute atomic E-state index is 14.7. The third-order valence-corrected chi connectivity index (χ3v) is 5.19. The van der Waals surface area contributed by atoms with Gasteiger partial charge in [-0.2, -0.15) is 13.2 Å². The Morgan fingerprint density at radius 3 is 2.53 bits per heavy atom. The van der Waals surface area contributed by atoms with Crippen molar-refractivity contribution in [2.24, 2.45) is 0 Å². The molecule has 1 atom stereocenters. The molecule has 1 fully saturated rings. The number of carbonyl (C=O) groups is 1. The summed E-state index contributed by atoms with van der Waals surface area (Å²) in [5.74, 6) is -0.630. The summed E-state index contributed by atoms with van der Waals surface area (Å²) in [6, 6.07) is 7.90. The summed E-state index contributed by atoms with van der Waals surface area (Å²) in [4.78, 5) is 26.8. The third kappa shape index (κ3) is 4.68. The number of halogens is 4. The molecule has 1 aliphatic rings. The predicted octanol–water partition coefficient (Wildman–Crippen LogP) is 4.41. The lowest BCUT2D eigenvalue weighted by atomic mass is 10.0. The van der Waals surface area contributed by atoms with E-state index < -0.39 is 23.5 Å². The number of anilines is 1. The molecule has 0 bridgehead atoms. The van der Waals surface area contributed by atoms with Gasteiger partial charge in [-0.15, -0.1) is 0 Å². The van der Waals surface area contributed by atoms with Gasteiger partial charge >= 0.3 is 6.18 Å². The van der Waals surface area contributed by atoms with Crippen molar-refractivity contribution < 1.29 is 22.4 Å². The molecule has 10 heteroatoms. The number of hydrogen-bond acceptors (Lipinski definition) is 5. The standard InChI is InChI=1S/C22H19F4N5O/c23-17-6-1-5-16(20-27-9-3-10-28-20)19(17)21(32)31-11-2-4-15(13-31)30-18-8-7-14(12-29-18)22(24,25)26/h1,3,5-10,12,15H,2,4,11,13H2,(H,29,30). The van der Waals surface area contributed by atoms with Crippen molar-refractivity contribution in [2.75, 3.05) is 18.4 Å². The first-order valence-corrected chi connectivity index (χ1v) is 9.98. The van der Waals surface area contributed by atoms with Gasteiger partial charge in [0.05, 0.1) is 11.1 Å². The Morgan fingerprint density at radius 2 is 1.84 bits per heavy atom. The van der Waals surface area contributed by atoms with Crippen molar-refractivity contribution in [1.82, 2.24) is 19.9 Å². The van der Waals surface area contributed by atoms with Crippen molar-refractivity contribution in [3.8, 4) is 11.4 Å². The lowest BCUT2D eigenvalue weighted by Gasteiger charge is -2.34. The third-order valence-electron chi connectivity index (χ3n) is 5.19. The van der Waals surface area contributed by atoms with Crippen LogP contribution >= 0.6 is 0 Å². The Labute approximate surface area is 181 Å². The van der Waals surface area contributed by atoms with Gasteiger partial charge in [-0.25, -0.2) is 19.3 Å². The molecule has 0 aliphatic carbocycles. The first kappa shape index (κ1) is 21.7. The molecule has 32 heavy (non-hydrogen) atoms. The number of likely N-dealkylation sites (tertiary alicyclic amines) is 1. The van der Waals surface area contributed by atoms with Crippen LogP contribution < -0.4 is 5.32 Å². The number of pyridine rings is 1. The van der Waals surface area contributed by atoms with Gasteiger partial charge in [0.1, 0.15) is 11.6 Å². The number of carbonyl (C=O) groups excluding carboxylic acids is 1. The van der Waals surface area contributed by atoms with E-state index in [-0.39, 0.29) is 29.8 Å². The average molecular weight is 445 g/mol. The molecule has 2 aromatic heterocycles. The van der Waals surface area contributed by atoms with Crippen LogP contribution in [0.4, 0.5) is 23.4 Å². The molecule has 3 heterocycles. The van der Waals surface area contributed by atoms with E-state index >= 15 is 0 Å². The second-order valence-electron chi connectivity index (χ2n) is 7.40. The number of hydrogen-bond donors (Lipinski definition) is 1. The van der Waals surface area contributed by atoms with Crippen molar-refractivity contribution in [2.45, 2.75) is 25.1 Å². The Kier molecular flexibility index (Phi) is 6.02. The fourth-order valence-corrected chi connectivity index (χ4v) is 3.66. The Morgan fingerprint density at radius 1 is 1.06 bits per heavy atom. The summed E-state index contributed by atoms with van der Waals surface area (Å²) >= 11 is 0. The zero-order valence-corrected chi connectivity index (χ0v) is 16.8. The predicted molar refractivity (Wildman–Crippen MR) is 109 cm³/mol. The molecule has 3 aromatic rings. The van der Waals surface area contributed by atoms with Crippen LogP contribution in [-0.4, -0.2) is 44.9 Å². The van der Waals surface area contributed by atoms with Crippen molar-refractivity contribution in [3.05, 3.63) is 71.9 Å². The minimum absolute atomic E-state index is 0.105. The second-order valence-corrected chi connectivity index (χ2v) is 7.40. The quantitative estimate of drug-likeness (QED) is 0.603. The highest BCUT2D eigenvalue weighted by Crippen LogP contribution is 2.29. The van der Waals surface area contributed by atoms with Gasteiger partial charge < -0.3 is 10.2 Å². The van der Waals surface area contributed by atoms with Gasteiger partial charge in [0.2, 0.25) is 0 Å². The van der Waals surface area contributed by atoms with E-state index in [1.165, 1.54) is 35.5 Å². The van der Waals surface area contributed by atoms with Crippen LogP contribution in [0.5, 0.6) is 0 Å². The summed E-state index contributed by atoms with van der Waals surface area (Å²) in [6.07, 6.45) is 0.673. The zero-order chi connectivity index (χ0) is 22.7. The van der Waals surface area contributed by atoms with E-state index in [4.69, 9.17) is 0 Å². The maximum Gasteiger partial charge on any atom is 0.417 e. The van der Waals surface area contributed by atoms with E-state index in [1.54, 1.807) is 12.1 Å². The molecule has 166 valence electrons. The first-order valence-electron chi connectivity index (χ1n) is 9.98. The average Bonchev–Trinajstić information content (AvgIpc) is 2.79. The molecule has 1 N–H and O–H groups in total. The molecule has 1 amide bonds. The van der Waals surface area contributed by atoms with Crippen LogP contribution in [-0.2, 0) is 6.18 Å². The molecule has 4 rings (SSSR count). The topological polar surface area (TPSA) is 71.0 Å². The highest BCUT2D eigenvalue weighted by molar-refractivity contribution is 6.00. The molecular formula is C22H19F4N5O. The fraction of sp³-hybridized carbons (Fsp3) is 0.273. The Balaban J connectivity index is 1.51. The maximum atomic E-state index is 14.7. The molecule has 1 saturated heterocycles. The first-order chi connectivity index (χ1) is 15.3. The molecule has 1 aromatic carbocycles. The summed E-state index contributed by atoms with van der Waals surface area (Å²) in [7, 11) is 0. The van der Waals surface area contributed by atoms with Crippen LogP contribution in [0.25, 0.3) is 11.4 Å². The Bertz CT molecular complexity index is 1090. The van der Waals surface area contributed by atoms with Gasteiger partial charge in [-0.1, -0.05) is 12.1 Å². The Hall–Kier alpha value is -3.56. The van der Waals surface area contributed by atoms with E-state index in [0.29, 0.717) is 24.9 Å². The van der Waals surface area contributed by atoms with Gasteiger partial charge in [0.15, 0.2) is 5.82 Å². The number of amides is 1. The van der Waals surface area contributed by atoms with E-state index in [1.807, 2.05) is 0 Å². The minimum atomic E-state index is -4.46. The number of nitrogens with one attached hydrogen (secondary N) is 1. The number of nitrogens with zero attached hydrogens (tertiary/aromatic N) is 4. The van der Waals surface area contributed by atoms with E-state index in [9.17, 15) is 22.4 Å². The van der Waals surface area contributed by atoms with Gasteiger partial charge in [-0.05, 0) is 37.1 Å². The molecule has 1 aliphatic heterocycles. The highest BCUT2D eigenvalue weighted by Gasteiger charge is 2.31. The summed E-state index contributed by atoms with van der Waals surface area (Å²) in [5.41, 5.74) is -0.638. The molecule has 0 radical (unpaired) electrons. The number of piperidine rings is 1. The normalized spacial score (nSPS) is 16.6. The summed E-state index contributed by atoms with van der Waals surface area (Å²) in [5, 5.41) is 3.07. The number of benzene rings is 1. The largest absolute Gasteiger partial charge is 0.417 e. The smallest absolute Gasteiger partial charge is 0.366 e. The molecule has 0 saturated carbocycles. The van der Waals surface area contributed by atoms with Crippen LogP contribution in [0.2, 0.25) is 0 Å². The minimum Gasteiger partial charge on any atom is -0.366 e. The lowest BCUT2D eigenvalue weighted by molar-refractivity contribution is -0.137. The number of aromatic nitrogens is 3. The van der Waals surface area contributed by atoms with Crippen molar-refractivity contribution >= 4 is 11.7 Å². The van der Waals surface area contributed by atoms with Crippen LogP contribution in [0.1, 0.15) is 28.8 Å². The van der Waals surface area contributed by atoms with Crippen molar-refractivity contribution in [3.63, 3.8) is 0 Å². The molecule has 1 unspecified atom stereocenters. The SMILES string of the molecule is O=C(c1c(F)cccc1-c1ncccn1)N1CCCC(Nc2ccc(C(F)(F)F)cn2)C1. The monoisotopic (exact) mass is 445 g/mol.